The molecule has 0 aliphatic carbocycles. The van der Waals surface area contributed by atoms with Gasteiger partial charge >= 0.3 is 0 Å². The van der Waals surface area contributed by atoms with Gasteiger partial charge in [-0.2, -0.15) is 0 Å². The highest BCUT2D eigenvalue weighted by molar-refractivity contribution is 6.05. The van der Waals surface area contributed by atoms with Gasteiger partial charge in [-0.05, 0) is 42.3 Å². The van der Waals surface area contributed by atoms with Crippen LogP contribution in [0.5, 0.6) is 0 Å². The van der Waals surface area contributed by atoms with Crippen LogP contribution in [0.25, 0.3) is 0 Å². The normalized spacial score (nSPS) is 19.1. The summed E-state index contributed by atoms with van der Waals surface area (Å²) in [5, 5.41) is 5.67. The van der Waals surface area contributed by atoms with Crippen LogP contribution in [-0.4, -0.2) is 24.3 Å². The van der Waals surface area contributed by atoms with E-state index >= 15 is 0 Å². The summed E-state index contributed by atoms with van der Waals surface area (Å²) in [5.74, 6) is -0.754. The first-order valence-corrected chi connectivity index (χ1v) is 8.72. The third kappa shape index (κ3) is 3.06. The van der Waals surface area contributed by atoms with Gasteiger partial charge in [-0.3, -0.25) is 14.4 Å². The molecule has 2 aliphatic heterocycles. The summed E-state index contributed by atoms with van der Waals surface area (Å²) >= 11 is 0. The number of nitrogens with zero attached hydrogens (tertiary/aromatic N) is 1. The number of carbonyl (C=O) groups excluding carboxylic acids is 3. The van der Waals surface area contributed by atoms with E-state index in [0.29, 0.717) is 17.8 Å². The third-order valence-electron chi connectivity index (χ3n) is 4.84. The molecular weight excluding hydrogens is 330 g/mol. The quantitative estimate of drug-likeness (QED) is 0.894. The summed E-state index contributed by atoms with van der Waals surface area (Å²) in [4.78, 5) is 38.2. The minimum atomic E-state index is -0.514. The van der Waals surface area contributed by atoms with E-state index in [9.17, 15) is 14.4 Å². The molecule has 0 radical (unpaired) electrons. The maximum atomic E-state index is 12.7. The van der Waals surface area contributed by atoms with Gasteiger partial charge in [0.25, 0.3) is 0 Å². The summed E-state index contributed by atoms with van der Waals surface area (Å²) < 4.78 is 0. The highest BCUT2D eigenvalue weighted by atomic mass is 16.2. The Kier molecular flexibility index (Phi) is 4.16. The molecule has 6 heteroatoms. The van der Waals surface area contributed by atoms with Crippen molar-refractivity contribution in [2.75, 3.05) is 22.1 Å². The zero-order valence-electron chi connectivity index (χ0n) is 14.2. The second kappa shape index (κ2) is 6.63. The van der Waals surface area contributed by atoms with Crippen molar-refractivity contribution >= 4 is 34.8 Å². The van der Waals surface area contributed by atoms with E-state index in [1.165, 1.54) is 0 Å². The molecule has 1 atom stereocenters. The van der Waals surface area contributed by atoms with Gasteiger partial charge in [-0.15, -0.1) is 0 Å². The fraction of sp³-hybridized carbons (Fsp3) is 0.250. The molecule has 2 heterocycles. The maximum Gasteiger partial charge on any atom is 0.232 e. The lowest BCUT2D eigenvalue weighted by Crippen LogP contribution is -2.30. The van der Waals surface area contributed by atoms with Crippen molar-refractivity contribution in [1.29, 1.82) is 0 Å². The topological polar surface area (TPSA) is 78.5 Å². The van der Waals surface area contributed by atoms with Gasteiger partial charge in [-0.25, -0.2) is 0 Å². The minimum absolute atomic E-state index is 0.128. The van der Waals surface area contributed by atoms with Crippen LogP contribution < -0.4 is 15.5 Å². The Hall–Kier alpha value is -3.15. The van der Waals surface area contributed by atoms with Crippen LogP contribution in [0.1, 0.15) is 30.7 Å². The van der Waals surface area contributed by atoms with E-state index in [4.69, 9.17) is 0 Å². The predicted molar refractivity (Wildman–Crippen MR) is 99.1 cm³/mol. The Morgan fingerprint density at radius 3 is 2.58 bits per heavy atom. The van der Waals surface area contributed by atoms with Crippen molar-refractivity contribution in [3.63, 3.8) is 0 Å². The number of hydrogen-bond donors (Lipinski definition) is 2. The Morgan fingerprint density at radius 1 is 1.08 bits per heavy atom. The lowest BCUT2D eigenvalue weighted by molar-refractivity contribution is -0.123. The summed E-state index contributed by atoms with van der Waals surface area (Å²) in [5.41, 5.74) is 3.00. The molecule has 0 bridgehead atoms. The van der Waals surface area contributed by atoms with Crippen molar-refractivity contribution in [1.82, 2.24) is 0 Å². The SMILES string of the molecule is O=C1CC(C(=O)Nc2ccc(N3CCCC3=O)cc2)c2ccccc2N1. The highest BCUT2D eigenvalue weighted by Crippen LogP contribution is 2.33. The first kappa shape index (κ1) is 16.3. The van der Waals surface area contributed by atoms with E-state index in [0.717, 1.165) is 24.2 Å². The second-order valence-corrected chi connectivity index (χ2v) is 6.58. The van der Waals surface area contributed by atoms with E-state index < -0.39 is 5.92 Å². The van der Waals surface area contributed by atoms with E-state index in [1.807, 2.05) is 30.3 Å². The standard InChI is InChI=1S/C20H19N3O3/c24-18-12-16(15-4-1-2-5-17(15)22-18)20(26)21-13-7-9-14(10-8-13)23-11-3-6-19(23)25/h1-2,4-5,7-10,16H,3,6,11-12H2,(H,21,26)(H,22,24). The smallest absolute Gasteiger partial charge is 0.232 e. The Bertz CT molecular complexity index is 876. The van der Waals surface area contributed by atoms with Gasteiger partial charge in [0.1, 0.15) is 0 Å². The summed E-state index contributed by atoms with van der Waals surface area (Å²) in [7, 11) is 0. The van der Waals surface area contributed by atoms with E-state index in [2.05, 4.69) is 10.6 Å². The molecule has 0 spiro atoms. The molecule has 2 aromatic rings. The largest absolute Gasteiger partial charge is 0.326 e. The summed E-state index contributed by atoms with van der Waals surface area (Å²) in [6, 6.07) is 14.6. The highest BCUT2D eigenvalue weighted by Gasteiger charge is 2.30. The van der Waals surface area contributed by atoms with Crippen LogP contribution in [0.2, 0.25) is 0 Å². The van der Waals surface area contributed by atoms with Crippen LogP contribution >= 0.6 is 0 Å². The number of nitrogens with one attached hydrogen (secondary N) is 2. The van der Waals surface area contributed by atoms with Crippen molar-refractivity contribution in [3.8, 4) is 0 Å². The van der Waals surface area contributed by atoms with Crippen molar-refractivity contribution < 1.29 is 14.4 Å². The second-order valence-electron chi connectivity index (χ2n) is 6.58. The minimum Gasteiger partial charge on any atom is -0.326 e. The molecule has 132 valence electrons. The van der Waals surface area contributed by atoms with Crippen LogP contribution in [0, 0.1) is 0 Å². The van der Waals surface area contributed by atoms with Crippen molar-refractivity contribution in [2.45, 2.75) is 25.2 Å². The average molecular weight is 349 g/mol. The van der Waals surface area contributed by atoms with Gasteiger partial charge in [0, 0.05) is 36.4 Å². The summed E-state index contributed by atoms with van der Waals surface area (Å²) in [6.45, 7) is 0.735. The molecule has 6 nitrogen and oxygen atoms in total. The molecule has 1 saturated heterocycles. The van der Waals surface area contributed by atoms with Gasteiger partial charge in [0.05, 0.1) is 5.92 Å². The van der Waals surface area contributed by atoms with E-state index in [-0.39, 0.29) is 24.1 Å². The number of para-hydroxylation sites is 1. The molecule has 3 amide bonds. The molecule has 4 rings (SSSR count). The lowest BCUT2D eigenvalue weighted by atomic mass is 9.90. The van der Waals surface area contributed by atoms with Crippen LogP contribution in [-0.2, 0) is 14.4 Å². The predicted octanol–water partition coefficient (Wildman–Crippen LogP) is 2.88. The zero-order valence-corrected chi connectivity index (χ0v) is 14.2. The molecule has 0 saturated carbocycles. The molecule has 1 fully saturated rings. The molecule has 2 aliphatic rings. The van der Waals surface area contributed by atoms with Gasteiger partial charge in [-0.1, -0.05) is 18.2 Å². The zero-order chi connectivity index (χ0) is 18.1. The molecule has 1 unspecified atom stereocenters. The number of carbonyl (C=O) groups is 3. The Morgan fingerprint density at radius 2 is 1.85 bits per heavy atom. The molecule has 0 aromatic heterocycles. The van der Waals surface area contributed by atoms with Crippen LogP contribution in [0.15, 0.2) is 48.5 Å². The molecule has 26 heavy (non-hydrogen) atoms. The van der Waals surface area contributed by atoms with Crippen molar-refractivity contribution in [3.05, 3.63) is 54.1 Å². The Balaban J connectivity index is 1.50. The number of hydrogen-bond acceptors (Lipinski definition) is 3. The Labute approximate surface area is 151 Å². The number of fused-ring (bicyclic) bond motifs is 1. The maximum absolute atomic E-state index is 12.7. The number of anilines is 3. The number of rotatable bonds is 3. The number of amides is 3. The molecule has 2 N–H and O–H groups in total. The van der Waals surface area contributed by atoms with Gasteiger partial charge in [0.15, 0.2) is 0 Å². The fourth-order valence-corrected chi connectivity index (χ4v) is 3.52. The summed E-state index contributed by atoms with van der Waals surface area (Å²) in [6.07, 6.45) is 1.59. The van der Waals surface area contributed by atoms with E-state index in [1.54, 1.807) is 23.1 Å². The van der Waals surface area contributed by atoms with Gasteiger partial charge < -0.3 is 15.5 Å². The average Bonchev–Trinajstić information content (AvgIpc) is 3.07. The first-order valence-electron chi connectivity index (χ1n) is 8.72. The van der Waals surface area contributed by atoms with Crippen LogP contribution in [0.4, 0.5) is 17.1 Å². The van der Waals surface area contributed by atoms with Crippen molar-refractivity contribution in [2.24, 2.45) is 0 Å². The lowest BCUT2D eigenvalue weighted by Gasteiger charge is -2.24. The monoisotopic (exact) mass is 349 g/mol. The molecular formula is C20H19N3O3. The third-order valence-corrected chi connectivity index (χ3v) is 4.84. The van der Waals surface area contributed by atoms with Gasteiger partial charge in [0.2, 0.25) is 17.7 Å². The first-order chi connectivity index (χ1) is 12.6. The van der Waals surface area contributed by atoms with Crippen LogP contribution in [0.3, 0.4) is 0 Å². The molecule has 2 aromatic carbocycles. The fourth-order valence-electron chi connectivity index (χ4n) is 3.52. The number of benzene rings is 2.